The molecule has 0 unspecified atom stereocenters. The number of thioether (sulfide) groups is 1. The molecule has 1 N–H and O–H groups in total. The zero-order valence-corrected chi connectivity index (χ0v) is 16.0. The van der Waals surface area contributed by atoms with Crippen molar-refractivity contribution in [3.8, 4) is 23.0 Å². The molecule has 0 fully saturated rings. The van der Waals surface area contributed by atoms with Crippen LogP contribution >= 0.6 is 23.4 Å². The first kappa shape index (κ1) is 18.6. The number of H-pyrrole nitrogens is 1. The molecule has 0 saturated carbocycles. The van der Waals surface area contributed by atoms with Crippen molar-refractivity contribution in [2.75, 3.05) is 5.75 Å². The number of pyridine rings is 1. The molecule has 4 aromatic rings. The third-order valence-electron chi connectivity index (χ3n) is 3.77. The quantitative estimate of drug-likeness (QED) is 0.445. The van der Waals surface area contributed by atoms with Crippen molar-refractivity contribution in [1.29, 1.82) is 0 Å². The summed E-state index contributed by atoms with van der Waals surface area (Å²) in [5.41, 5.74) is 1.65. The van der Waals surface area contributed by atoms with Gasteiger partial charge in [0.05, 0.1) is 15.4 Å². The molecule has 6 nitrogen and oxygen atoms in total. The van der Waals surface area contributed by atoms with Gasteiger partial charge in [0.15, 0.2) is 17.2 Å². The van der Waals surface area contributed by atoms with Crippen LogP contribution in [0.1, 0.15) is 6.92 Å². The lowest BCUT2D eigenvalue weighted by atomic mass is 10.1. The van der Waals surface area contributed by atoms with Crippen molar-refractivity contribution >= 4 is 34.4 Å². The fourth-order valence-electron chi connectivity index (χ4n) is 2.53. The van der Waals surface area contributed by atoms with E-state index in [0.717, 1.165) is 22.9 Å². The van der Waals surface area contributed by atoms with Gasteiger partial charge in [-0.15, -0.1) is 11.8 Å². The Bertz CT molecular complexity index is 1170. The fraction of sp³-hybridized carbons (Fsp3) is 0.111. The van der Waals surface area contributed by atoms with Gasteiger partial charge >= 0.3 is 6.01 Å². The van der Waals surface area contributed by atoms with E-state index in [1.807, 2.05) is 13.0 Å². The van der Waals surface area contributed by atoms with Crippen molar-refractivity contribution in [2.45, 2.75) is 11.9 Å². The first-order valence-corrected chi connectivity index (χ1v) is 9.54. The Balaban J connectivity index is 1.70. The predicted molar refractivity (Wildman–Crippen MR) is 103 cm³/mol. The Morgan fingerprint density at radius 2 is 2.04 bits per heavy atom. The van der Waals surface area contributed by atoms with Gasteiger partial charge in [0, 0.05) is 24.0 Å². The molecule has 0 saturated heterocycles. The Hall–Kier alpha value is -2.78. The Morgan fingerprint density at radius 3 is 2.82 bits per heavy atom. The van der Waals surface area contributed by atoms with Crippen LogP contribution in [0, 0.1) is 11.6 Å². The molecule has 1 aromatic carbocycles. The van der Waals surface area contributed by atoms with Crippen LogP contribution < -0.4 is 4.74 Å². The minimum Gasteiger partial charge on any atom is -0.421 e. The monoisotopic (exact) mass is 419 g/mol. The van der Waals surface area contributed by atoms with Crippen molar-refractivity contribution in [2.24, 2.45) is 0 Å². The van der Waals surface area contributed by atoms with Gasteiger partial charge in [0.25, 0.3) is 0 Å². The lowest BCUT2D eigenvalue weighted by Gasteiger charge is -2.05. The molecule has 10 heteroatoms. The topological polar surface area (TPSA) is 76.6 Å². The van der Waals surface area contributed by atoms with Crippen LogP contribution in [0.3, 0.4) is 0 Å². The number of hydrogen-bond acceptors (Lipinski definition) is 6. The van der Waals surface area contributed by atoms with Crippen molar-refractivity contribution in [3.63, 3.8) is 0 Å². The van der Waals surface area contributed by atoms with E-state index in [4.69, 9.17) is 16.3 Å². The number of hydrogen-bond donors (Lipinski definition) is 1. The summed E-state index contributed by atoms with van der Waals surface area (Å²) < 4.78 is 32.1. The first-order chi connectivity index (χ1) is 13.5. The molecule has 4 rings (SSSR count). The number of halogens is 3. The van der Waals surface area contributed by atoms with E-state index < -0.39 is 11.6 Å². The highest BCUT2D eigenvalue weighted by atomic mass is 35.5. The number of aromatic nitrogens is 5. The molecular weight excluding hydrogens is 408 g/mol. The van der Waals surface area contributed by atoms with Gasteiger partial charge < -0.3 is 4.74 Å². The molecule has 0 radical (unpaired) electrons. The van der Waals surface area contributed by atoms with Crippen LogP contribution in [0.2, 0.25) is 5.02 Å². The van der Waals surface area contributed by atoms with Crippen LogP contribution in [0.5, 0.6) is 11.8 Å². The third-order valence-corrected chi connectivity index (χ3v) is 4.88. The highest BCUT2D eigenvalue weighted by molar-refractivity contribution is 7.99. The summed E-state index contributed by atoms with van der Waals surface area (Å²) >= 11 is 7.88. The van der Waals surface area contributed by atoms with E-state index in [9.17, 15) is 8.78 Å². The largest absolute Gasteiger partial charge is 0.421 e. The van der Waals surface area contributed by atoms with Gasteiger partial charge in [-0.05, 0) is 24.0 Å². The Morgan fingerprint density at radius 1 is 1.18 bits per heavy atom. The Kier molecular flexibility index (Phi) is 5.10. The molecular formula is C18H12ClF2N5OS. The summed E-state index contributed by atoms with van der Waals surface area (Å²) in [6.45, 7) is 2.03. The van der Waals surface area contributed by atoms with Crippen LogP contribution in [0.25, 0.3) is 22.3 Å². The van der Waals surface area contributed by atoms with Crippen LogP contribution in [-0.2, 0) is 0 Å². The molecule has 0 amide bonds. The molecule has 0 bridgehead atoms. The summed E-state index contributed by atoms with van der Waals surface area (Å²) in [4.78, 5) is 12.6. The van der Waals surface area contributed by atoms with Crippen molar-refractivity contribution < 1.29 is 13.5 Å². The number of rotatable bonds is 5. The number of aromatic amines is 1. The molecule has 0 atom stereocenters. The zero-order valence-electron chi connectivity index (χ0n) is 14.4. The van der Waals surface area contributed by atoms with Gasteiger partial charge in [-0.3, -0.25) is 5.10 Å². The van der Waals surface area contributed by atoms with Gasteiger partial charge in [-0.2, -0.15) is 10.1 Å². The van der Waals surface area contributed by atoms with E-state index in [-0.39, 0.29) is 11.8 Å². The van der Waals surface area contributed by atoms with E-state index in [0.29, 0.717) is 27.3 Å². The normalized spacial score (nSPS) is 11.1. The van der Waals surface area contributed by atoms with Crippen molar-refractivity contribution in [3.05, 3.63) is 53.3 Å². The molecule has 28 heavy (non-hydrogen) atoms. The van der Waals surface area contributed by atoms with Crippen molar-refractivity contribution in [1.82, 2.24) is 25.1 Å². The first-order valence-electron chi connectivity index (χ1n) is 8.18. The van der Waals surface area contributed by atoms with Crippen LogP contribution in [0.4, 0.5) is 8.78 Å². The average molecular weight is 420 g/mol. The SMILES string of the molecule is CCSc1cc(-c2n[nH]c3nc(Oc4ccc(F)cc4F)ncc23)c(Cl)cn1. The average Bonchev–Trinajstić information content (AvgIpc) is 3.09. The number of benzene rings is 1. The second kappa shape index (κ2) is 7.69. The van der Waals surface area contributed by atoms with E-state index >= 15 is 0 Å². The third kappa shape index (κ3) is 3.63. The standard InChI is InChI=1S/C18H12ClF2N5OS/c1-2-28-15-6-10(12(19)8-22-15)16-11-7-23-18(24-17(11)26-25-16)27-14-4-3-9(20)5-13(14)21/h3-8H,2H2,1H3,(H,23,24,25,26). The van der Waals surface area contributed by atoms with Gasteiger partial charge in [0.1, 0.15) is 11.5 Å². The highest BCUT2D eigenvalue weighted by Crippen LogP contribution is 2.33. The van der Waals surface area contributed by atoms with E-state index in [1.54, 1.807) is 18.0 Å². The molecule has 0 aliphatic rings. The molecule has 0 aliphatic carbocycles. The molecule has 0 aliphatic heterocycles. The van der Waals surface area contributed by atoms with Crippen LogP contribution in [0.15, 0.2) is 41.7 Å². The second-order valence-electron chi connectivity index (χ2n) is 5.60. The predicted octanol–water partition coefficient (Wildman–Crippen LogP) is 5.25. The molecule has 3 heterocycles. The lowest BCUT2D eigenvalue weighted by Crippen LogP contribution is -1.94. The maximum absolute atomic E-state index is 13.8. The van der Waals surface area contributed by atoms with E-state index in [2.05, 4.69) is 25.1 Å². The molecule has 3 aromatic heterocycles. The zero-order chi connectivity index (χ0) is 19.7. The summed E-state index contributed by atoms with van der Waals surface area (Å²) in [5.74, 6) is -0.856. The number of nitrogens with one attached hydrogen (secondary N) is 1. The summed E-state index contributed by atoms with van der Waals surface area (Å²) in [6.07, 6.45) is 3.08. The summed E-state index contributed by atoms with van der Waals surface area (Å²) in [5, 5.41) is 8.96. The summed E-state index contributed by atoms with van der Waals surface area (Å²) in [6, 6.07) is 4.73. The fourth-order valence-corrected chi connectivity index (χ4v) is 3.35. The maximum atomic E-state index is 13.8. The minimum atomic E-state index is -0.849. The highest BCUT2D eigenvalue weighted by Gasteiger charge is 2.16. The van der Waals surface area contributed by atoms with Gasteiger partial charge in [-0.25, -0.2) is 18.7 Å². The second-order valence-corrected chi connectivity index (χ2v) is 7.29. The van der Waals surface area contributed by atoms with Crippen LogP contribution in [-0.4, -0.2) is 30.9 Å². The number of nitrogens with zero attached hydrogens (tertiary/aromatic N) is 4. The van der Waals surface area contributed by atoms with Gasteiger partial charge in [-0.1, -0.05) is 18.5 Å². The number of ether oxygens (including phenoxy) is 1. The minimum absolute atomic E-state index is 0.101. The maximum Gasteiger partial charge on any atom is 0.324 e. The Labute approximate surface area is 167 Å². The van der Waals surface area contributed by atoms with E-state index in [1.165, 1.54) is 12.3 Å². The summed E-state index contributed by atoms with van der Waals surface area (Å²) in [7, 11) is 0. The number of fused-ring (bicyclic) bond motifs is 1. The molecule has 0 spiro atoms. The smallest absolute Gasteiger partial charge is 0.324 e. The van der Waals surface area contributed by atoms with Gasteiger partial charge in [0.2, 0.25) is 0 Å². The molecule has 142 valence electrons. The lowest BCUT2D eigenvalue weighted by molar-refractivity contribution is 0.409.